The molecule has 0 heterocycles. The number of benzene rings is 2. The number of aryl methyl sites for hydroxylation is 1. The van der Waals surface area contributed by atoms with E-state index in [-0.39, 0.29) is 11.3 Å². The van der Waals surface area contributed by atoms with Gasteiger partial charge in [0, 0.05) is 43.0 Å². The van der Waals surface area contributed by atoms with E-state index in [2.05, 4.69) is 5.32 Å². The highest BCUT2D eigenvalue weighted by Crippen LogP contribution is 2.32. The van der Waals surface area contributed by atoms with Gasteiger partial charge in [0.15, 0.2) is 0 Å². The second-order valence-electron chi connectivity index (χ2n) is 5.61. The summed E-state index contributed by atoms with van der Waals surface area (Å²) < 4.78 is 5.24. The quantitative estimate of drug-likeness (QED) is 0.643. The van der Waals surface area contributed by atoms with Crippen molar-refractivity contribution >= 4 is 34.6 Å². The Balaban J connectivity index is 2.46. The fourth-order valence-electron chi connectivity index (χ4n) is 2.33. The Bertz CT molecular complexity index is 837. The lowest BCUT2D eigenvalue weighted by Crippen LogP contribution is -2.19. The van der Waals surface area contributed by atoms with Crippen molar-refractivity contribution in [2.45, 2.75) is 6.92 Å². The van der Waals surface area contributed by atoms with E-state index in [1.165, 1.54) is 25.3 Å². The number of ether oxygens (including phenoxy) is 1. The monoisotopic (exact) mass is 363 g/mol. The molecule has 0 saturated carbocycles. The molecule has 0 bridgehead atoms. The highest BCUT2D eigenvalue weighted by atomic mass is 35.5. The van der Waals surface area contributed by atoms with Crippen LogP contribution in [0.25, 0.3) is 0 Å². The predicted molar refractivity (Wildman–Crippen MR) is 98.1 cm³/mol. The van der Waals surface area contributed by atoms with Crippen molar-refractivity contribution in [1.82, 2.24) is 0 Å². The fourth-order valence-corrected chi connectivity index (χ4v) is 2.48. The summed E-state index contributed by atoms with van der Waals surface area (Å²) in [5.41, 5.74) is 1.80. The molecule has 2 rings (SSSR count). The van der Waals surface area contributed by atoms with Crippen molar-refractivity contribution in [3.8, 4) is 5.75 Å². The van der Waals surface area contributed by atoms with Gasteiger partial charge in [-0.2, -0.15) is 0 Å². The summed E-state index contributed by atoms with van der Waals surface area (Å²) in [4.78, 5) is 24.9. The topological polar surface area (TPSA) is 84.7 Å². The number of rotatable bonds is 5. The summed E-state index contributed by atoms with van der Waals surface area (Å²) >= 11 is 6.07. The van der Waals surface area contributed by atoms with Crippen molar-refractivity contribution in [3.63, 3.8) is 0 Å². The average molecular weight is 364 g/mol. The van der Waals surface area contributed by atoms with E-state index in [0.717, 1.165) is 5.56 Å². The van der Waals surface area contributed by atoms with Crippen LogP contribution in [-0.2, 0) is 0 Å². The van der Waals surface area contributed by atoms with E-state index < -0.39 is 10.8 Å². The lowest BCUT2D eigenvalue weighted by atomic mass is 10.1. The Kier molecular flexibility index (Phi) is 5.48. The summed E-state index contributed by atoms with van der Waals surface area (Å²) in [6, 6.07) is 7.44. The number of halogens is 1. The van der Waals surface area contributed by atoms with Crippen LogP contribution < -0.4 is 15.0 Å². The molecule has 7 nitrogen and oxygen atoms in total. The van der Waals surface area contributed by atoms with Gasteiger partial charge in [0.25, 0.3) is 11.6 Å². The maximum absolute atomic E-state index is 12.7. The summed E-state index contributed by atoms with van der Waals surface area (Å²) in [5.74, 6) is -0.0757. The standard InChI is InChI=1S/C17H18ClN3O4/c1-10-7-14(16(25-4)9-13(10)18)19-17(22)12-8-11(21(23)24)5-6-15(12)20(2)3/h5-9H,1-4H3,(H,19,22). The molecule has 8 heteroatoms. The third kappa shape index (κ3) is 4.00. The van der Waals surface area contributed by atoms with Crippen LogP contribution in [-0.4, -0.2) is 32.0 Å². The second kappa shape index (κ2) is 7.40. The Hall–Kier alpha value is -2.80. The molecule has 2 aromatic carbocycles. The highest BCUT2D eigenvalue weighted by molar-refractivity contribution is 6.31. The van der Waals surface area contributed by atoms with E-state index in [1.807, 2.05) is 0 Å². The summed E-state index contributed by atoms with van der Waals surface area (Å²) in [6.45, 7) is 1.80. The van der Waals surface area contributed by atoms with Crippen LogP contribution in [0.2, 0.25) is 5.02 Å². The van der Waals surface area contributed by atoms with Gasteiger partial charge in [-0.3, -0.25) is 14.9 Å². The third-order valence-electron chi connectivity index (χ3n) is 3.65. The zero-order chi connectivity index (χ0) is 18.7. The molecule has 0 aliphatic carbocycles. The van der Waals surface area contributed by atoms with Gasteiger partial charge in [-0.05, 0) is 24.6 Å². The molecule has 0 unspecified atom stereocenters. The lowest BCUT2D eigenvalue weighted by molar-refractivity contribution is -0.384. The van der Waals surface area contributed by atoms with Gasteiger partial charge in [0.05, 0.1) is 23.3 Å². The van der Waals surface area contributed by atoms with Gasteiger partial charge in [0.2, 0.25) is 0 Å². The number of carbonyl (C=O) groups is 1. The Morgan fingerprint density at radius 3 is 2.52 bits per heavy atom. The van der Waals surface area contributed by atoms with E-state index >= 15 is 0 Å². The normalized spacial score (nSPS) is 10.3. The second-order valence-corrected chi connectivity index (χ2v) is 6.02. The first kappa shape index (κ1) is 18.5. The zero-order valence-electron chi connectivity index (χ0n) is 14.3. The van der Waals surface area contributed by atoms with Crippen LogP contribution in [0.4, 0.5) is 17.1 Å². The molecule has 1 N–H and O–H groups in total. The molecule has 0 aliphatic rings. The summed E-state index contributed by atoms with van der Waals surface area (Å²) in [6.07, 6.45) is 0. The summed E-state index contributed by atoms with van der Waals surface area (Å²) in [7, 11) is 4.98. The van der Waals surface area contributed by atoms with E-state index in [9.17, 15) is 14.9 Å². The fraction of sp³-hybridized carbons (Fsp3) is 0.235. The van der Waals surface area contributed by atoms with E-state index in [0.29, 0.717) is 22.1 Å². The number of nitrogens with zero attached hydrogens (tertiary/aromatic N) is 2. The molecule has 1 amide bonds. The van der Waals surface area contributed by atoms with Gasteiger partial charge in [-0.1, -0.05) is 11.6 Å². The molecule has 25 heavy (non-hydrogen) atoms. The number of hydrogen-bond donors (Lipinski definition) is 1. The predicted octanol–water partition coefficient (Wildman–Crippen LogP) is 3.88. The van der Waals surface area contributed by atoms with Gasteiger partial charge in [0.1, 0.15) is 5.75 Å². The van der Waals surface area contributed by atoms with Crippen LogP contribution in [0.3, 0.4) is 0 Å². The number of nitro groups is 1. The number of nitro benzene ring substituents is 1. The van der Waals surface area contributed by atoms with Gasteiger partial charge < -0.3 is 15.0 Å². The van der Waals surface area contributed by atoms with E-state index in [4.69, 9.17) is 16.3 Å². The minimum Gasteiger partial charge on any atom is -0.495 e. The first-order valence-corrected chi connectivity index (χ1v) is 7.73. The minimum atomic E-state index is -0.538. The molecule has 0 spiro atoms. The highest BCUT2D eigenvalue weighted by Gasteiger charge is 2.19. The molecular weight excluding hydrogens is 346 g/mol. The Morgan fingerprint density at radius 1 is 1.28 bits per heavy atom. The maximum atomic E-state index is 12.7. The molecule has 132 valence electrons. The number of hydrogen-bond acceptors (Lipinski definition) is 5. The molecule has 0 saturated heterocycles. The molecule has 0 aliphatic heterocycles. The van der Waals surface area contributed by atoms with Crippen LogP contribution in [0.15, 0.2) is 30.3 Å². The minimum absolute atomic E-state index is 0.157. The molecule has 0 aromatic heterocycles. The van der Waals surface area contributed by atoms with Crippen molar-refractivity contribution < 1.29 is 14.5 Å². The van der Waals surface area contributed by atoms with Crippen molar-refractivity contribution in [3.05, 3.63) is 56.6 Å². The summed E-state index contributed by atoms with van der Waals surface area (Å²) in [5, 5.41) is 14.3. The first-order valence-electron chi connectivity index (χ1n) is 7.36. The number of non-ortho nitro benzene ring substituents is 1. The van der Waals surface area contributed by atoms with Gasteiger partial charge in [-0.15, -0.1) is 0 Å². The van der Waals surface area contributed by atoms with E-state index in [1.54, 1.807) is 38.1 Å². The molecule has 0 radical (unpaired) electrons. The number of methoxy groups -OCH3 is 1. The first-order chi connectivity index (χ1) is 11.7. The van der Waals surface area contributed by atoms with Crippen LogP contribution >= 0.6 is 11.6 Å². The largest absolute Gasteiger partial charge is 0.495 e. The third-order valence-corrected chi connectivity index (χ3v) is 4.05. The Morgan fingerprint density at radius 2 is 1.96 bits per heavy atom. The smallest absolute Gasteiger partial charge is 0.270 e. The van der Waals surface area contributed by atoms with Crippen molar-refractivity contribution in [2.24, 2.45) is 0 Å². The van der Waals surface area contributed by atoms with Gasteiger partial charge in [-0.25, -0.2) is 0 Å². The lowest BCUT2D eigenvalue weighted by Gasteiger charge is -2.18. The van der Waals surface area contributed by atoms with Gasteiger partial charge >= 0.3 is 0 Å². The van der Waals surface area contributed by atoms with Crippen molar-refractivity contribution in [1.29, 1.82) is 0 Å². The number of amides is 1. The average Bonchev–Trinajstić information content (AvgIpc) is 2.57. The molecule has 2 aromatic rings. The molecule has 0 fully saturated rings. The van der Waals surface area contributed by atoms with Crippen LogP contribution in [0.5, 0.6) is 5.75 Å². The van der Waals surface area contributed by atoms with Crippen molar-refractivity contribution in [2.75, 3.05) is 31.4 Å². The molecule has 0 atom stereocenters. The number of anilines is 2. The Labute approximate surface area is 150 Å². The van der Waals surface area contributed by atoms with Crippen LogP contribution in [0.1, 0.15) is 15.9 Å². The number of carbonyl (C=O) groups excluding carboxylic acids is 1. The maximum Gasteiger partial charge on any atom is 0.270 e. The zero-order valence-corrected chi connectivity index (χ0v) is 15.0. The SMILES string of the molecule is COc1cc(Cl)c(C)cc1NC(=O)c1cc([N+](=O)[O-])ccc1N(C)C. The molecular formula is C17H18ClN3O4. The van der Waals surface area contributed by atoms with Crippen LogP contribution in [0, 0.1) is 17.0 Å². The number of nitrogens with one attached hydrogen (secondary N) is 1.